The zero-order valence-electron chi connectivity index (χ0n) is 21.0. The smallest absolute Gasteiger partial charge is 0.337 e. The van der Waals surface area contributed by atoms with Crippen LogP contribution >= 0.6 is 11.6 Å². The van der Waals surface area contributed by atoms with Gasteiger partial charge in [-0.3, -0.25) is 4.79 Å². The monoisotopic (exact) mass is 601 g/mol. The van der Waals surface area contributed by atoms with Crippen LogP contribution in [0.2, 0.25) is 5.15 Å². The predicted octanol–water partition coefficient (Wildman–Crippen LogP) is 4.24. The number of halogens is 6. The Balaban J connectivity index is 1.19. The molecule has 212 valence electrons. The van der Waals surface area contributed by atoms with Gasteiger partial charge in [0.05, 0.1) is 28.7 Å². The first-order valence-corrected chi connectivity index (χ1v) is 14.8. The van der Waals surface area contributed by atoms with Crippen LogP contribution in [0.15, 0.2) is 36.5 Å². The number of fused-ring (bicyclic) bond motifs is 3. The van der Waals surface area contributed by atoms with Crippen LogP contribution in [-0.4, -0.2) is 75.6 Å². The van der Waals surface area contributed by atoms with E-state index in [2.05, 4.69) is 10.1 Å². The average Bonchev–Trinajstić information content (AvgIpc) is 3.36. The first-order chi connectivity index (χ1) is 18.5. The van der Waals surface area contributed by atoms with Crippen molar-refractivity contribution in [1.82, 2.24) is 19.5 Å². The highest BCUT2D eigenvalue weighted by Crippen LogP contribution is 2.77. The summed E-state index contributed by atoms with van der Waals surface area (Å²) in [5.74, 6) is -5.46. The van der Waals surface area contributed by atoms with Crippen molar-refractivity contribution < 1.29 is 35.2 Å². The lowest BCUT2D eigenvalue weighted by molar-refractivity contribution is -0.181. The highest BCUT2D eigenvalue weighted by molar-refractivity contribution is 7.91. The third-order valence-corrected chi connectivity index (χ3v) is 10.8. The summed E-state index contributed by atoms with van der Waals surface area (Å²) < 4.78 is 97.9. The van der Waals surface area contributed by atoms with Crippen LogP contribution in [0.25, 0.3) is 5.65 Å². The van der Waals surface area contributed by atoms with E-state index in [0.29, 0.717) is 5.69 Å². The van der Waals surface area contributed by atoms with Crippen molar-refractivity contribution in [3.63, 3.8) is 0 Å². The fraction of sp³-hybridized carbons (Fsp3) is 0.480. The first kappa shape index (κ1) is 25.9. The molecule has 4 aliphatic rings. The molecule has 8 nitrogen and oxygen atoms in total. The first-order valence-electron chi connectivity index (χ1n) is 12.4. The van der Waals surface area contributed by atoms with Crippen LogP contribution in [0.5, 0.6) is 0 Å². The molecule has 2 aromatic heterocycles. The van der Waals surface area contributed by atoms with Gasteiger partial charge in [-0.25, -0.2) is 26.7 Å². The van der Waals surface area contributed by atoms with Gasteiger partial charge in [-0.1, -0.05) is 23.7 Å². The number of benzene rings is 1. The third-order valence-electron chi connectivity index (χ3n) is 9.01. The molecule has 40 heavy (non-hydrogen) atoms. The van der Waals surface area contributed by atoms with Gasteiger partial charge in [0.25, 0.3) is 11.8 Å². The Kier molecular flexibility index (Phi) is 4.82. The lowest BCUT2D eigenvalue weighted by Gasteiger charge is -2.34. The summed E-state index contributed by atoms with van der Waals surface area (Å²) in [6, 6.07) is 6.49. The standard InChI is InChI=1S/C25H21ClF5N5O3S/c1-22(25(29,30)31)11-34(16-10-32-18-9-17(26)33-36(18)20(16)22)13-5-3-12(4-6-13)19-23(24(19,27)28)21(37)35(23)14-7-15(8-14)40(2,38)39/h3-6,9-10,14-15,19H,7-8,11H2,1-2H3/t14?,15?,19-,22-,23-,35?/m1/s1. The molecule has 4 heterocycles. The topological polar surface area (TPSA) is 87.6 Å². The van der Waals surface area contributed by atoms with E-state index in [4.69, 9.17) is 11.6 Å². The molecule has 3 atom stereocenters. The maximum atomic E-state index is 15.1. The zero-order valence-corrected chi connectivity index (χ0v) is 22.5. The lowest BCUT2D eigenvalue weighted by atomic mass is 9.87. The fourth-order valence-corrected chi connectivity index (χ4v) is 7.92. The highest BCUT2D eigenvalue weighted by atomic mass is 35.5. The van der Waals surface area contributed by atoms with E-state index in [1.807, 2.05) is 0 Å². The molecule has 0 bridgehead atoms. The molecule has 1 spiro atoms. The number of sulfone groups is 1. The molecule has 7 rings (SSSR count). The number of hydrogen-bond donors (Lipinski definition) is 0. The van der Waals surface area contributed by atoms with E-state index < -0.39 is 62.6 Å². The molecule has 1 amide bonds. The Labute approximate surface area is 229 Å². The number of rotatable bonds is 4. The Morgan fingerprint density at radius 3 is 2.38 bits per heavy atom. The second-order valence-electron chi connectivity index (χ2n) is 11.3. The Bertz CT molecular complexity index is 1720. The van der Waals surface area contributed by atoms with E-state index in [-0.39, 0.29) is 40.6 Å². The number of aromatic nitrogens is 3. The summed E-state index contributed by atoms with van der Waals surface area (Å²) in [6.07, 6.45) is -2.01. The number of carbonyl (C=O) groups is 1. The van der Waals surface area contributed by atoms with Crippen molar-refractivity contribution in [2.75, 3.05) is 17.7 Å². The van der Waals surface area contributed by atoms with Crippen molar-refractivity contribution in [3.8, 4) is 0 Å². The van der Waals surface area contributed by atoms with Gasteiger partial charge in [-0.05, 0) is 37.5 Å². The summed E-state index contributed by atoms with van der Waals surface area (Å²) >= 11 is 5.95. The number of nitrogens with zero attached hydrogens (tertiary/aromatic N) is 5. The summed E-state index contributed by atoms with van der Waals surface area (Å²) in [7, 11) is -3.31. The van der Waals surface area contributed by atoms with Crippen molar-refractivity contribution >= 4 is 44.4 Å². The highest BCUT2D eigenvalue weighted by Gasteiger charge is 2.98. The molecule has 2 saturated carbocycles. The van der Waals surface area contributed by atoms with Crippen LogP contribution in [0.4, 0.5) is 33.3 Å². The minimum atomic E-state index is -4.65. The predicted molar refractivity (Wildman–Crippen MR) is 134 cm³/mol. The van der Waals surface area contributed by atoms with Crippen LogP contribution in [0.1, 0.15) is 36.9 Å². The molecule has 3 aromatic rings. The average molecular weight is 602 g/mol. The second-order valence-corrected chi connectivity index (χ2v) is 14.0. The van der Waals surface area contributed by atoms with E-state index >= 15 is 8.78 Å². The van der Waals surface area contributed by atoms with E-state index in [9.17, 15) is 26.4 Å². The Morgan fingerprint density at radius 2 is 1.77 bits per heavy atom. The third kappa shape index (κ3) is 3.06. The summed E-state index contributed by atoms with van der Waals surface area (Å²) in [4.78, 5) is 19.4. The van der Waals surface area contributed by atoms with Crippen LogP contribution in [0.3, 0.4) is 0 Å². The van der Waals surface area contributed by atoms with Crippen LogP contribution in [-0.2, 0) is 20.0 Å². The molecular formula is C25H21ClF5N5O3S. The van der Waals surface area contributed by atoms with Gasteiger partial charge < -0.3 is 9.80 Å². The molecular weight excluding hydrogens is 581 g/mol. The summed E-state index contributed by atoms with van der Waals surface area (Å²) in [5.41, 5.74) is -3.64. The Hall–Kier alpha value is -3.00. The molecule has 2 aliphatic heterocycles. The maximum Gasteiger partial charge on any atom is 0.401 e. The molecule has 1 aromatic carbocycles. The molecule has 1 saturated heterocycles. The van der Waals surface area contributed by atoms with Gasteiger partial charge in [0, 0.05) is 30.6 Å². The number of amides is 1. The van der Waals surface area contributed by atoms with Crippen molar-refractivity contribution in [2.24, 2.45) is 0 Å². The molecule has 2 aliphatic carbocycles. The van der Waals surface area contributed by atoms with Crippen LogP contribution in [0, 0.1) is 0 Å². The number of alkyl halides is 5. The van der Waals surface area contributed by atoms with Gasteiger partial charge >= 0.3 is 6.18 Å². The minimum absolute atomic E-state index is 0.00933. The van der Waals surface area contributed by atoms with E-state index in [1.54, 1.807) is 0 Å². The molecule has 0 radical (unpaired) electrons. The summed E-state index contributed by atoms with van der Waals surface area (Å²) in [5, 5.41) is 3.35. The second kappa shape index (κ2) is 7.44. The largest absolute Gasteiger partial charge is 0.401 e. The van der Waals surface area contributed by atoms with Crippen molar-refractivity contribution in [3.05, 3.63) is 52.9 Å². The normalized spacial score (nSPS) is 32.5. The summed E-state index contributed by atoms with van der Waals surface area (Å²) in [6.45, 7) is 0.564. The van der Waals surface area contributed by atoms with Crippen molar-refractivity contribution in [1.29, 1.82) is 0 Å². The molecule has 0 N–H and O–H groups in total. The minimum Gasteiger partial charge on any atom is -0.337 e. The maximum absolute atomic E-state index is 15.1. The van der Waals surface area contributed by atoms with Gasteiger partial charge in [0.1, 0.15) is 15.3 Å². The molecule has 3 fully saturated rings. The van der Waals surface area contributed by atoms with E-state index in [0.717, 1.165) is 22.6 Å². The number of carbonyl (C=O) groups excluding carboxylic acids is 1. The molecule has 0 unspecified atom stereocenters. The van der Waals surface area contributed by atoms with Gasteiger partial charge in [-0.2, -0.15) is 18.3 Å². The van der Waals surface area contributed by atoms with E-state index in [1.165, 1.54) is 41.4 Å². The SMILES string of the molecule is C[C@@]1(C(F)(F)F)CN(c2ccc([C@H]3C(F)(F)[C@]34C(=O)N4C3CC(S(C)(=O)=O)C3)cc2)c2cnc3cc(Cl)nn3c21. The van der Waals surface area contributed by atoms with Crippen LogP contribution < -0.4 is 4.90 Å². The molecule has 15 heteroatoms. The number of anilines is 2. The zero-order chi connectivity index (χ0) is 28.8. The fourth-order valence-electron chi connectivity index (χ4n) is 6.60. The van der Waals surface area contributed by atoms with Gasteiger partial charge in [0.2, 0.25) is 0 Å². The van der Waals surface area contributed by atoms with Gasteiger partial charge in [0.15, 0.2) is 16.3 Å². The quantitative estimate of drug-likeness (QED) is 0.328. The lowest BCUT2D eigenvalue weighted by Crippen LogP contribution is -2.44. The van der Waals surface area contributed by atoms with Crippen molar-refractivity contribution in [2.45, 2.75) is 60.0 Å². The number of hydrogen-bond acceptors (Lipinski definition) is 6. The van der Waals surface area contributed by atoms with Gasteiger partial charge in [-0.15, -0.1) is 0 Å². The Morgan fingerprint density at radius 1 is 1.12 bits per heavy atom.